The Morgan fingerprint density at radius 2 is 1.88 bits per heavy atom. The van der Waals surface area contributed by atoms with Gasteiger partial charge in [-0.05, 0) is 5.56 Å². The van der Waals surface area contributed by atoms with Gasteiger partial charge < -0.3 is 5.11 Å². The molecule has 0 bridgehead atoms. The van der Waals surface area contributed by atoms with Crippen molar-refractivity contribution in [2.75, 3.05) is 0 Å². The van der Waals surface area contributed by atoms with E-state index in [0.717, 1.165) is 0 Å². The van der Waals surface area contributed by atoms with Gasteiger partial charge in [0, 0.05) is 6.42 Å². The molecule has 2 rings (SSSR count). The molecule has 1 saturated heterocycles. The number of benzene rings is 1. The van der Waals surface area contributed by atoms with Crippen LogP contribution in [0.4, 0.5) is 13.2 Å². The lowest BCUT2D eigenvalue weighted by Crippen LogP contribution is -2.44. The van der Waals surface area contributed by atoms with E-state index in [1.54, 1.807) is 30.3 Å². The lowest BCUT2D eigenvalue weighted by Gasteiger charge is -2.21. The molecule has 16 heavy (non-hydrogen) atoms. The summed E-state index contributed by atoms with van der Waals surface area (Å²) in [5, 5.41) is 9.19. The average molecular weight is 234 g/mol. The first-order valence-corrected chi connectivity index (χ1v) is 4.61. The number of rotatable bonds is 1. The lowest BCUT2D eigenvalue weighted by atomic mass is 10.0. The quantitative estimate of drug-likeness (QED) is 0.758. The van der Waals surface area contributed by atoms with Crippen molar-refractivity contribution in [1.29, 1.82) is 0 Å². The molecule has 1 heterocycles. The highest BCUT2D eigenvalue weighted by molar-refractivity contribution is 5.18. The molecule has 6 heteroatoms. The van der Waals surface area contributed by atoms with Gasteiger partial charge in [0.05, 0.1) is 0 Å². The third-order valence-corrected chi connectivity index (χ3v) is 2.38. The zero-order chi connectivity index (χ0) is 11.8. The second-order valence-electron chi connectivity index (χ2n) is 3.57. The molecule has 3 nitrogen and oxygen atoms in total. The molecule has 0 amide bonds. The third-order valence-electron chi connectivity index (χ3n) is 2.38. The van der Waals surface area contributed by atoms with Gasteiger partial charge in [0.15, 0.2) is 0 Å². The summed E-state index contributed by atoms with van der Waals surface area (Å²) in [4.78, 5) is 8.51. The number of hydrogen-bond acceptors (Lipinski definition) is 3. The van der Waals surface area contributed by atoms with E-state index in [1.807, 2.05) is 0 Å². The minimum absolute atomic E-state index is 0.530. The molecule has 1 N–H and O–H groups in total. The summed E-state index contributed by atoms with van der Waals surface area (Å²) < 4.78 is 37.1. The van der Waals surface area contributed by atoms with E-state index in [0.29, 0.717) is 5.56 Å². The lowest BCUT2D eigenvalue weighted by molar-refractivity contribution is -0.448. The molecule has 1 fully saturated rings. The molecule has 1 aliphatic heterocycles. The van der Waals surface area contributed by atoms with Crippen LogP contribution < -0.4 is 0 Å². The first kappa shape index (κ1) is 11.4. The van der Waals surface area contributed by atoms with Crippen LogP contribution in [0.5, 0.6) is 0 Å². The predicted octanol–water partition coefficient (Wildman–Crippen LogP) is 2.33. The summed E-state index contributed by atoms with van der Waals surface area (Å²) in [6, 6.07) is 8.29. The van der Waals surface area contributed by atoms with Crippen molar-refractivity contribution in [3.05, 3.63) is 35.9 Å². The Bertz CT molecular complexity index is 365. The first-order chi connectivity index (χ1) is 7.42. The van der Waals surface area contributed by atoms with Gasteiger partial charge in [-0.25, -0.2) is 4.89 Å². The Balaban J connectivity index is 2.15. The van der Waals surface area contributed by atoms with E-state index in [4.69, 9.17) is 0 Å². The highest BCUT2D eigenvalue weighted by atomic mass is 19.4. The van der Waals surface area contributed by atoms with E-state index in [1.165, 1.54) is 0 Å². The van der Waals surface area contributed by atoms with Gasteiger partial charge in [-0.15, -0.1) is 0 Å². The van der Waals surface area contributed by atoms with Crippen LogP contribution >= 0.6 is 0 Å². The average Bonchev–Trinajstić information content (AvgIpc) is 2.63. The second-order valence-corrected chi connectivity index (χ2v) is 3.57. The molecular weight excluding hydrogens is 225 g/mol. The molecular formula is C10H9F3O3. The highest BCUT2D eigenvalue weighted by Crippen LogP contribution is 2.45. The van der Waals surface area contributed by atoms with E-state index < -0.39 is 24.5 Å². The topological polar surface area (TPSA) is 38.7 Å². The van der Waals surface area contributed by atoms with E-state index in [-0.39, 0.29) is 0 Å². The van der Waals surface area contributed by atoms with Crippen molar-refractivity contribution < 1.29 is 28.1 Å². The van der Waals surface area contributed by atoms with Crippen LogP contribution in [0, 0.1) is 0 Å². The van der Waals surface area contributed by atoms with Crippen molar-refractivity contribution in [1.82, 2.24) is 0 Å². The van der Waals surface area contributed by atoms with Crippen LogP contribution in [0.2, 0.25) is 0 Å². The predicted molar refractivity (Wildman–Crippen MR) is 47.0 cm³/mol. The summed E-state index contributed by atoms with van der Waals surface area (Å²) in [6.07, 6.45) is -6.44. The van der Waals surface area contributed by atoms with Gasteiger partial charge >= 0.3 is 6.18 Å². The first-order valence-electron chi connectivity index (χ1n) is 4.61. The van der Waals surface area contributed by atoms with E-state index in [9.17, 15) is 18.3 Å². The molecule has 0 aliphatic carbocycles. The minimum Gasteiger partial charge on any atom is -0.356 e. The van der Waals surface area contributed by atoms with Crippen LogP contribution in [0.15, 0.2) is 30.3 Å². The summed E-state index contributed by atoms with van der Waals surface area (Å²) in [6.45, 7) is 0. The second kappa shape index (κ2) is 3.73. The third kappa shape index (κ3) is 1.91. The van der Waals surface area contributed by atoms with Gasteiger partial charge in [0.1, 0.15) is 6.10 Å². The Labute approximate surface area is 89.3 Å². The monoisotopic (exact) mass is 234 g/mol. The molecule has 1 aliphatic rings. The van der Waals surface area contributed by atoms with Crippen LogP contribution in [0.25, 0.3) is 0 Å². The fourth-order valence-electron chi connectivity index (χ4n) is 1.46. The van der Waals surface area contributed by atoms with Crippen LogP contribution in [-0.4, -0.2) is 17.1 Å². The van der Waals surface area contributed by atoms with Gasteiger partial charge in [0.2, 0.25) is 0 Å². The largest absolute Gasteiger partial charge is 0.446 e. The van der Waals surface area contributed by atoms with Crippen molar-refractivity contribution >= 4 is 0 Å². The maximum Gasteiger partial charge on any atom is 0.446 e. The van der Waals surface area contributed by atoms with Crippen LogP contribution in [-0.2, 0) is 9.78 Å². The van der Waals surface area contributed by atoms with Gasteiger partial charge in [-0.2, -0.15) is 18.1 Å². The van der Waals surface area contributed by atoms with Crippen LogP contribution in [0.1, 0.15) is 18.1 Å². The summed E-state index contributed by atoms with van der Waals surface area (Å²) in [5.41, 5.74) is 0.530. The van der Waals surface area contributed by atoms with Crippen LogP contribution in [0.3, 0.4) is 0 Å². The van der Waals surface area contributed by atoms with Crippen molar-refractivity contribution in [2.45, 2.75) is 24.5 Å². The van der Waals surface area contributed by atoms with Crippen molar-refractivity contribution in [2.24, 2.45) is 0 Å². The molecule has 1 aromatic carbocycles. The molecule has 0 saturated carbocycles. The fourth-order valence-corrected chi connectivity index (χ4v) is 1.46. The molecule has 88 valence electrons. The SMILES string of the molecule is OC1(C(F)(F)F)C[C@@H](c2ccccc2)OO1. The summed E-state index contributed by atoms with van der Waals surface area (Å²) >= 11 is 0. The Hall–Kier alpha value is -1.11. The molecule has 0 spiro atoms. The Morgan fingerprint density at radius 1 is 1.25 bits per heavy atom. The standard InChI is InChI=1S/C10H9F3O3/c11-10(12,13)9(14)6-8(15-16-9)7-4-2-1-3-5-7/h1-5,8,14H,6H2/t8-,9?/m0/s1. The zero-order valence-corrected chi connectivity index (χ0v) is 8.07. The van der Waals surface area contributed by atoms with Gasteiger partial charge in [0.25, 0.3) is 5.79 Å². The maximum atomic E-state index is 12.4. The Morgan fingerprint density at radius 3 is 2.38 bits per heavy atom. The summed E-state index contributed by atoms with van der Waals surface area (Å²) in [7, 11) is 0. The number of aliphatic hydroxyl groups is 1. The highest BCUT2D eigenvalue weighted by Gasteiger charge is 2.61. The molecule has 1 unspecified atom stereocenters. The fraction of sp³-hybridized carbons (Fsp3) is 0.400. The van der Waals surface area contributed by atoms with E-state index in [2.05, 4.69) is 9.78 Å². The number of alkyl halides is 3. The molecule has 0 radical (unpaired) electrons. The van der Waals surface area contributed by atoms with E-state index >= 15 is 0 Å². The van der Waals surface area contributed by atoms with Gasteiger partial charge in [-0.1, -0.05) is 30.3 Å². The zero-order valence-electron chi connectivity index (χ0n) is 8.07. The smallest absolute Gasteiger partial charge is 0.356 e. The number of hydrogen-bond donors (Lipinski definition) is 1. The van der Waals surface area contributed by atoms with Gasteiger partial charge in [-0.3, -0.25) is 0 Å². The normalized spacial score (nSPS) is 30.6. The molecule has 0 aromatic heterocycles. The van der Waals surface area contributed by atoms with Crippen molar-refractivity contribution in [3.63, 3.8) is 0 Å². The Kier molecular flexibility index (Phi) is 2.65. The minimum atomic E-state index is -4.86. The maximum absolute atomic E-state index is 12.4. The molecule has 1 aromatic rings. The number of halogens is 3. The summed E-state index contributed by atoms with van der Waals surface area (Å²) in [5.74, 6) is -3.21. The van der Waals surface area contributed by atoms with Crippen molar-refractivity contribution in [3.8, 4) is 0 Å². The molecule has 2 atom stereocenters.